The lowest BCUT2D eigenvalue weighted by Gasteiger charge is -2.56. The maximum atomic E-state index is 12.5. The molecule has 1 aromatic rings. The fraction of sp³-hybridized carbons (Fsp3) is 0.636. The largest absolute Gasteiger partial charge is 0.342 e. The van der Waals surface area contributed by atoms with Crippen molar-refractivity contribution in [2.24, 2.45) is 17.8 Å². The second kappa shape index (κ2) is 7.05. The molecule has 2 N–H and O–H groups in total. The predicted octanol–water partition coefficient (Wildman–Crippen LogP) is 4.05. The maximum Gasteiger partial charge on any atom is 0.313 e. The normalized spacial score (nSPS) is 31.7. The molecule has 4 aliphatic carbocycles. The Kier molecular flexibility index (Phi) is 4.76. The number of benzene rings is 1. The second-order valence-electron chi connectivity index (χ2n) is 8.91. The van der Waals surface area contributed by atoms with E-state index in [1.54, 1.807) is 0 Å². The topological polar surface area (TPSA) is 58.2 Å². The first-order valence-electron chi connectivity index (χ1n) is 10.3. The van der Waals surface area contributed by atoms with Crippen LogP contribution in [0.4, 0.5) is 5.69 Å². The number of hydrogen-bond acceptors (Lipinski definition) is 2. The van der Waals surface area contributed by atoms with E-state index in [0.29, 0.717) is 5.69 Å². The first-order chi connectivity index (χ1) is 12.5. The van der Waals surface area contributed by atoms with Crippen LogP contribution >= 0.6 is 0 Å². The summed E-state index contributed by atoms with van der Waals surface area (Å²) in [4.78, 5) is 24.9. The third-order valence-electron chi connectivity index (χ3n) is 6.65. The lowest BCUT2D eigenvalue weighted by molar-refractivity contribution is -0.139. The lowest BCUT2D eigenvalue weighted by Crippen LogP contribution is -2.61. The average Bonchev–Trinajstić information content (AvgIpc) is 2.59. The van der Waals surface area contributed by atoms with Gasteiger partial charge in [-0.1, -0.05) is 25.5 Å². The van der Waals surface area contributed by atoms with Crippen molar-refractivity contribution in [3.63, 3.8) is 0 Å². The number of carbonyl (C=O) groups is 2. The minimum absolute atomic E-state index is 0.118. The van der Waals surface area contributed by atoms with Gasteiger partial charge in [0.2, 0.25) is 0 Å². The molecule has 0 saturated heterocycles. The maximum absolute atomic E-state index is 12.5. The number of nitrogens with one attached hydrogen (secondary N) is 2. The van der Waals surface area contributed by atoms with Gasteiger partial charge in [0, 0.05) is 11.2 Å². The van der Waals surface area contributed by atoms with Crippen LogP contribution < -0.4 is 10.6 Å². The van der Waals surface area contributed by atoms with Crippen molar-refractivity contribution >= 4 is 17.5 Å². The molecule has 0 aliphatic heterocycles. The van der Waals surface area contributed by atoms with Crippen LogP contribution in [0.15, 0.2) is 24.3 Å². The SMILES string of the molecule is CCCCc1ccc(NC(=O)C(=O)NC23CC4CC(CC(C4)C2)C3)cc1. The molecule has 0 spiro atoms. The van der Waals surface area contributed by atoms with Crippen LogP contribution in [-0.2, 0) is 16.0 Å². The monoisotopic (exact) mass is 354 g/mol. The Morgan fingerprint density at radius 1 is 0.962 bits per heavy atom. The molecule has 4 fully saturated rings. The van der Waals surface area contributed by atoms with Crippen molar-refractivity contribution in [3.8, 4) is 0 Å². The van der Waals surface area contributed by atoms with Gasteiger partial charge in [-0.15, -0.1) is 0 Å². The van der Waals surface area contributed by atoms with Gasteiger partial charge < -0.3 is 10.6 Å². The van der Waals surface area contributed by atoms with Gasteiger partial charge in [0.25, 0.3) is 0 Å². The smallest absolute Gasteiger partial charge is 0.313 e. The molecule has 4 saturated carbocycles. The van der Waals surface area contributed by atoms with E-state index in [-0.39, 0.29) is 5.54 Å². The van der Waals surface area contributed by atoms with E-state index >= 15 is 0 Å². The standard InChI is InChI=1S/C22H30N2O2/c1-2-3-4-15-5-7-19(8-6-15)23-20(25)21(26)24-22-12-16-9-17(13-22)11-18(10-16)14-22/h5-8,16-18H,2-4,9-14H2,1H3,(H,23,25)(H,24,26). The highest BCUT2D eigenvalue weighted by Gasteiger charge is 2.51. The quantitative estimate of drug-likeness (QED) is 0.784. The summed E-state index contributed by atoms with van der Waals surface area (Å²) in [5.41, 5.74) is 1.84. The van der Waals surface area contributed by atoms with Crippen molar-refractivity contribution < 1.29 is 9.59 Å². The zero-order valence-corrected chi connectivity index (χ0v) is 15.7. The van der Waals surface area contributed by atoms with E-state index in [2.05, 4.69) is 17.6 Å². The zero-order chi connectivity index (χ0) is 18.1. The highest BCUT2D eigenvalue weighted by Crippen LogP contribution is 2.55. The van der Waals surface area contributed by atoms with Crippen LogP contribution in [0.3, 0.4) is 0 Å². The Hall–Kier alpha value is -1.84. The molecular formula is C22H30N2O2. The van der Waals surface area contributed by atoms with E-state index in [4.69, 9.17) is 0 Å². The fourth-order valence-electron chi connectivity index (χ4n) is 5.88. The minimum atomic E-state index is -0.540. The summed E-state index contributed by atoms with van der Waals surface area (Å²) in [5.74, 6) is 1.24. The van der Waals surface area contributed by atoms with E-state index in [1.165, 1.54) is 37.7 Å². The highest BCUT2D eigenvalue weighted by molar-refractivity contribution is 6.39. The molecule has 0 atom stereocenters. The molecule has 0 aromatic heterocycles. The first kappa shape index (κ1) is 17.6. The summed E-state index contributed by atoms with van der Waals surface area (Å²) in [6.45, 7) is 2.18. The van der Waals surface area contributed by atoms with Crippen LogP contribution in [0.1, 0.15) is 63.9 Å². The first-order valence-corrected chi connectivity index (χ1v) is 10.3. The summed E-state index contributed by atoms with van der Waals surface area (Å²) in [5, 5.41) is 5.89. The molecule has 4 aliphatic rings. The van der Waals surface area contributed by atoms with Crippen LogP contribution in [0.25, 0.3) is 0 Å². The summed E-state index contributed by atoms with van der Waals surface area (Å²) in [7, 11) is 0. The summed E-state index contributed by atoms with van der Waals surface area (Å²) < 4.78 is 0. The van der Waals surface area contributed by atoms with Crippen LogP contribution in [0.2, 0.25) is 0 Å². The third kappa shape index (κ3) is 3.65. The van der Waals surface area contributed by atoms with Gasteiger partial charge >= 0.3 is 11.8 Å². The Morgan fingerprint density at radius 2 is 1.54 bits per heavy atom. The number of hydrogen-bond donors (Lipinski definition) is 2. The van der Waals surface area contributed by atoms with Crippen LogP contribution in [0.5, 0.6) is 0 Å². The zero-order valence-electron chi connectivity index (χ0n) is 15.7. The van der Waals surface area contributed by atoms with Crippen molar-refractivity contribution in [1.29, 1.82) is 0 Å². The van der Waals surface area contributed by atoms with Crippen molar-refractivity contribution in [2.75, 3.05) is 5.32 Å². The Balaban J connectivity index is 1.34. The number of amides is 2. The number of anilines is 1. The fourth-order valence-corrected chi connectivity index (χ4v) is 5.88. The summed E-state index contributed by atoms with van der Waals surface area (Å²) in [6.07, 6.45) is 10.5. The Morgan fingerprint density at radius 3 is 2.08 bits per heavy atom. The van der Waals surface area contributed by atoms with Gasteiger partial charge in [-0.25, -0.2) is 0 Å². The van der Waals surface area contributed by atoms with Crippen LogP contribution in [-0.4, -0.2) is 17.4 Å². The Bertz CT molecular complexity index is 645. The minimum Gasteiger partial charge on any atom is -0.342 e. The summed E-state index contributed by atoms with van der Waals surface area (Å²) >= 11 is 0. The summed E-state index contributed by atoms with van der Waals surface area (Å²) in [6, 6.07) is 7.84. The van der Waals surface area contributed by atoms with Crippen LogP contribution in [0, 0.1) is 17.8 Å². The second-order valence-corrected chi connectivity index (χ2v) is 8.91. The third-order valence-corrected chi connectivity index (χ3v) is 6.65. The number of carbonyl (C=O) groups excluding carboxylic acids is 2. The molecule has 26 heavy (non-hydrogen) atoms. The molecule has 1 aromatic carbocycles. The molecular weight excluding hydrogens is 324 g/mol. The van der Waals surface area contributed by atoms with E-state index in [1.807, 2.05) is 24.3 Å². The molecule has 140 valence electrons. The van der Waals surface area contributed by atoms with Crippen molar-refractivity contribution in [2.45, 2.75) is 70.3 Å². The highest BCUT2D eigenvalue weighted by atomic mass is 16.2. The van der Waals surface area contributed by atoms with Gasteiger partial charge in [0.1, 0.15) is 0 Å². The van der Waals surface area contributed by atoms with E-state index < -0.39 is 11.8 Å². The molecule has 5 rings (SSSR count). The van der Waals surface area contributed by atoms with Crippen molar-refractivity contribution in [3.05, 3.63) is 29.8 Å². The molecule has 4 nitrogen and oxygen atoms in total. The van der Waals surface area contributed by atoms with Gasteiger partial charge in [-0.3, -0.25) is 9.59 Å². The number of rotatable bonds is 5. The average molecular weight is 354 g/mol. The van der Waals surface area contributed by atoms with E-state index in [9.17, 15) is 9.59 Å². The number of unbranched alkanes of at least 4 members (excludes halogenated alkanes) is 1. The molecule has 4 bridgehead atoms. The van der Waals surface area contributed by atoms with E-state index in [0.717, 1.165) is 43.4 Å². The van der Waals surface area contributed by atoms with Gasteiger partial charge in [-0.2, -0.15) is 0 Å². The lowest BCUT2D eigenvalue weighted by atomic mass is 9.53. The number of aryl methyl sites for hydroxylation is 1. The molecule has 0 radical (unpaired) electrons. The molecule has 4 heteroatoms. The predicted molar refractivity (Wildman–Crippen MR) is 103 cm³/mol. The van der Waals surface area contributed by atoms with Gasteiger partial charge in [0.15, 0.2) is 0 Å². The Labute approximate surface area is 156 Å². The van der Waals surface area contributed by atoms with Crippen molar-refractivity contribution in [1.82, 2.24) is 5.32 Å². The molecule has 2 amide bonds. The molecule has 0 unspecified atom stereocenters. The van der Waals surface area contributed by atoms with Gasteiger partial charge in [0.05, 0.1) is 0 Å². The van der Waals surface area contributed by atoms with Gasteiger partial charge in [-0.05, 0) is 86.8 Å². The molecule has 0 heterocycles.